The molecule has 0 saturated heterocycles. The number of carbonyl (C=O) groups excluding carboxylic acids is 1. The molecule has 0 heterocycles. The van der Waals surface area contributed by atoms with Gasteiger partial charge in [0, 0.05) is 11.3 Å². The van der Waals surface area contributed by atoms with Gasteiger partial charge in [0.1, 0.15) is 5.78 Å². The monoisotopic (exact) mass is 232 g/mol. The Labute approximate surface area is 104 Å². The van der Waals surface area contributed by atoms with E-state index in [1.54, 1.807) is 0 Å². The van der Waals surface area contributed by atoms with Crippen molar-refractivity contribution in [3.63, 3.8) is 0 Å². The molecule has 17 heavy (non-hydrogen) atoms. The standard InChI is InChI=1S/C16H24O/c1-9-8-10-12-11(9)13(17)15(4)7-5-6-14(2,3)16(10,12)15/h9-12H,5-8H2,1-4H3/t9-,10-,11+,12?,15-,16-/m1/s1. The molecular weight excluding hydrogens is 208 g/mol. The van der Waals surface area contributed by atoms with Crippen LogP contribution in [0.25, 0.3) is 0 Å². The van der Waals surface area contributed by atoms with E-state index in [9.17, 15) is 4.79 Å². The quantitative estimate of drug-likeness (QED) is 0.622. The Bertz CT molecular complexity index is 423. The summed E-state index contributed by atoms with van der Waals surface area (Å²) in [5, 5.41) is 0. The Balaban J connectivity index is 1.92. The second kappa shape index (κ2) is 2.51. The van der Waals surface area contributed by atoms with Gasteiger partial charge in [-0.05, 0) is 47.8 Å². The van der Waals surface area contributed by atoms with Gasteiger partial charge in [0.2, 0.25) is 0 Å². The van der Waals surface area contributed by atoms with Gasteiger partial charge in [0.25, 0.3) is 0 Å². The van der Waals surface area contributed by atoms with Gasteiger partial charge in [-0.25, -0.2) is 0 Å². The summed E-state index contributed by atoms with van der Waals surface area (Å²) >= 11 is 0. The van der Waals surface area contributed by atoms with Gasteiger partial charge in [-0.1, -0.05) is 34.1 Å². The largest absolute Gasteiger partial charge is 0.299 e. The molecule has 4 aliphatic carbocycles. The lowest BCUT2D eigenvalue weighted by Crippen LogP contribution is -2.47. The average Bonchev–Trinajstić information content (AvgIpc) is 2.67. The topological polar surface area (TPSA) is 17.1 Å². The van der Waals surface area contributed by atoms with E-state index in [4.69, 9.17) is 0 Å². The van der Waals surface area contributed by atoms with Gasteiger partial charge < -0.3 is 0 Å². The van der Waals surface area contributed by atoms with E-state index in [1.165, 1.54) is 25.7 Å². The normalized spacial score (nSPS) is 62.2. The van der Waals surface area contributed by atoms with Gasteiger partial charge in [0.05, 0.1) is 0 Å². The molecule has 0 bridgehead atoms. The molecule has 0 aromatic rings. The van der Waals surface area contributed by atoms with Crippen molar-refractivity contribution in [3.8, 4) is 0 Å². The van der Waals surface area contributed by atoms with E-state index in [0.717, 1.165) is 11.8 Å². The fraction of sp³-hybridized carbons (Fsp3) is 0.938. The van der Waals surface area contributed by atoms with Crippen LogP contribution < -0.4 is 0 Å². The first-order valence-electron chi connectivity index (χ1n) is 7.42. The van der Waals surface area contributed by atoms with Gasteiger partial charge in [-0.3, -0.25) is 4.79 Å². The molecule has 4 saturated carbocycles. The van der Waals surface area contributed by atoms with Gasteiger partial charge in [0.15, 0.2) is 0 Å². The molecule has 0 radical (unpaired) electrons. The van der Waals surface area contributed by atoms with Crippen LogP contribution in [0.15, 0.2) is 0 Å². The molecule has 1 nitrogen and oxygen atoms in total. The molecule has 6 atom stereocenters. The van der Waals surface area contributed by atoms with Crippen LogP contribution in [0.3, 0.4) is 0 Å². The van der Waals surface area contributed by atoms with Gasteiger partial charge in [-0.2, -0.15) is 0 Å². The molecule has 1 spiro atoms. The van der Waals surface area contributed by atoms with Crippen LogP contribution in [0.1, 0.15) is 53.4 Å². The van der Waals surface area contributed by atoms with Gasteiger partial charge >= 0.3 is 0 Å². The summed E-state index contributed by atoms with van der Waals surface area (Å²) in [5.74, 6) is 3.41. The molecule has 0 N–H and O–H groups in total. The lowest BCUT2D eigenvalue weighted by molar-refractivity contribution is -0.138. The summed E-state index contributed by atoms with van der Waals surface area (Å²) in [4.78, 5) is 12.9. The zero-order valence-electron chi connectivity index (χ0n) is 11.5. The Hall–Kier alpha value is -0.330. The number of hydrogen-bond acceptors (Lipinski definition) is 1. The van der Waals surface area contributed by atoms with Gasteiger partial charge in [-0.15, -0.1) is 0 Å². The Kier molecular flexibility index (Phi) is 1.56. The van der Waals surface area contributed by atoms with E-state index < -0.39 is 0 Å². The first kappa shape index (κ1) is 10.6. The number of Topliss-reactive ketones (excluding diaryl/α,β-unsaturated/α-hetero) is 1. The molecule has 0 aromatic carbocycles. The van der Waals surface area contributed by atoms with E-state index in [-0.39, 0.29) is 5.41 Å². The fourth-order valence-electron chi connectivity index (χ4n) is 7.15. The smallest absolute Gasteiger partial charge is 0.142 e. The fourth-order valence-corrected chi connectivity index (χ4v) is 7.15. The first-order chi connectivity index (χ1) is 7.88. The lowest BCUT2D eigenvalue weighted by atomic mass is 9.53. The van der Waals surface area contributed by atoms with E-state index in [0.29, 0.717) is 28.4 Å². The minimum absolute atomic E-state index is 0.0412. The molecule has 0 amide bonds. The maximum Gasteiger partial charge on any atom is 0.142 e. The third kappa shape index (κ3) is 0.770. The van der Waals surface area contributed by atoms with Crippen molar-refractivity contribution < 1.29 is 4.79 Å². The summed E-state index contributed by atoms with van der Waals surface area (Å²) in [7, 11) is 0. The Morgan fingerprint density at radius 1 is 1.18 bits per heavy atom. The molecule has 4 fully saturated rings. The second-order valence-electron chi connectivity index (χ2n) is 8.17. The van der Waals surface area contributed by atoms with Crippen LogP contribution in [0.2, 0.25) is 0 Å². The maximum atomic E-state index is 12.9. The number of ketones is 1. The third-order valence-corrected chi connectivity index (χ3v) is 7.42. The molecule has 0 aliphatic heterocycles. The first-order valence-corrected chi connectivity index (χ1v) is 7.42. The van der Waals surface area contributed by atoms with E-state index >= 15 is 0 Å². The molecule has 0 aromatic heterocycles. The molecular formula is C16H24O. The maximum absolute atomic E-state index is 12.9. The van der Waals surface area contributed by atoms with Crippen molar-refractivity contribution in [2.24, 2.45) is 39.9 Å². The molecule has 94 valence electrons. The molecule has 4 aliphatic rings. The molecule has 1 heteroatoms. The zero-order chi connectivity index (χ0) is 12.2. The number of hydrogen-bond donors (Lipinski definition) is 0. The van der Waals surface area contributed by atoms with Crippen molar-refractivity contribution in [1.82, 2.24) is 0 Å². The minimum Gasteiger partial charge on any atom is -0.299 e. The van der Waals surface area contributed by atoms with Crippen molar-refractivity contribution >= 4 is 5.78 Å². The SMILES string of the molecule is C[C@@H]1C[C@@H]2C3[C@H]1C(=O)[C@@]1(C)CCCC(C)(C)[C@]321. The highest BCUT2D eigenvalue weighted by atomic mass is 16.1. The molecule has 4 rings (SSSR count). The highest BCUT2D eigenvalue weighted by Crippen LogP contribution is 2.90. The number of carbonyl (C=O) groups is 1. The zero-order valence-corrected chi connectivity index (χ0v) is 11.5. The second-order valence-corrected chi connectivity index (χ2v) is 8.17. The van der Waals surface area contributed by atoms with E-state index in [1.807, 2.05) is 0 Å². The summed E-state index contributed by atoms with van der Waals surface area (Å²) in [6, 6.07) is 0. The summed E-state index contributed by atoms with van der Waals surface area (Å²) in [6.07, 6.45) is 5.10. The van der Waals surface area contributed by atoms with Crippen LogP contribution in [0.5, 0.6) is 0 Å². The predicted molar refractivity (Wildman–Crippen MR) is 67.4 cm³/mol. The van der Waals surface area contributed by atoms with Crippen LogP contribution in [0, 0.1) is 39.9 Å². The van der Waals surface area contributed by atoms with Crippen molar-refractivity contribution in [1.29, 1.82) is 0 Å². The van der Waals surface area contributed by atoms with Crippen LogP contribution in [0.4, 0.5) is 0 Å². The minimum atomic E-state index is 0.0412. The van der Waals surface area contributed by atoms with Crippen LogP contribution >= 0.6 is 0 Å². The highest BCUT2D eigenvalue weighted by Gasteiger charge is 2.88. The average molecular weight is 232 g/mol. The lowest BCUT2D eigenvalue weighted by Gasteiger charge is -2.50. The van der Waals surface area contributed by atoms with E-state index in [2.05, 4.69) is 27.7 Å². The van der Waals surface area contributed by atoms with Crippen molar-refractivity contribution in [3.05, 3.63) is 0 Å². The molecule has 1 unspecified atom stereocenters. The Morgan fingerprint density at radius 2 is 1.88 bits per heavy atom. The van der Waals surface area contributed by atoms with Crippen molar-refractivity contribution in [2.75, 3.05) is 0 Å². The Morgan fingerprint density at radius 3 is 2.59 bits per heavy atom. The summed E-state index contributed by atoms with van der Waals surface area (Å²) in [5.41, 5.74) is 0.853. The summed E-state index contributed by atoms with van der Waals surface area (Å²) < 4.78 is 0. The van der Waals surface area contributed by atoms with Crippen LogP contribution in [-0.2, 0) is 4.79 Å². The highest BCUT2D eigenvalue weighted by molar-refractivity contribution is 5.94. The summed E-state index contributed by atoms with van der Waals surface area (Å²) in [6.45, 7) is 9.53. The third-order valence-electron chi connectivity index (χ3n) is 7.42. The van der Waals surface area contributed by atoms with Crippen molar-refractivity contribution in [2.45, 2.75) is 53.4 Å². The van der Waals surface area contributed by atoms with Crippen LogP contribution in [-0.4, -0.2) is 5.78 Å². The number of rotatable bonds is 0. The predicted octanol–water partition coefficient (Wildman–Crippen LogP) is 3.67.